The molecule has 102 valence electrons. The van der Waals surface area contributed by atoms with Crippen molar-refractivity contribution in [1.82, 2.24) is 15.1 Å². The molecule has 0 aromatic carbocycles. The van der Waals surface area contributed by atoms with E-state index in [4.69, 9.17) is 4.52 Å². The third-order valence-corrected chi connectivity index (χ3v) is 2.54. The predicted octanol–water partition coefficient (Wildman–Crippen LogP) is 2.46. The molecule has 6 nitrogen and oxygen atoms in total. The average molecular weight is 261 g/mol. The van der Waals surface area contributed by atoms with Gasteiger partial charge >= 0.3 is 0 Å². The van der Waals surface area contributed by atoms with Gasteiger partial charge in [-0.15, -0.1) is 0 Å². The van der Waals surface area contributed by atoms with Crippen molar-refractivity contribution < 1.29 is 4.52 Å². The van der Waals surface area contributed by atoms with E-state index in [0.29, 0.717) is 6.54 Å². The van der Waals surface area contributed by atoms with Crippen molar-refractivity contribution >= 4 is 11.6 Å². The molecule has 0 saturated carbocycles. The van der Waals surface area contributed by atoms with Crippen molar-refractivity contribution in [3.8, 4) is 0 Å². The summed E-state index contributed by atoms with van der Waals surface area (Å²) in [7, 11) is 0. The zero-order valence-corrected chi connectivity index (χ0v) is 11.3. The second-order valence-electron chi connectivity index (χ2n) is 4.17. The van der Waals surface area contributed by atoms with Crippen LogP contribution in [0.1, 0.15) is 31.9 Å². The number of aromatic nitrogens is 3. The Morgan fingerprint density at radius 3 is 2.58 bits per heavy atom. The van der Waals surface area contributed by atoms with Gasteiger partial charge < -0.3 is 15.2 Å². The van der Waals surface area contributed by atoms with E-state index in [0.717, 1.165) is 42.6 Å². The van der Waals surface area contributed by atoms with Crippen molar-refractivity contribution in [1.29, 1.82) is 0 Å². The van der Waals surface area contributed by atoms with Gasteiger partial charge in [-0.05, 0) is 13.3 Å². The van der Waals surface area contributed by atoms with E-state index in [2.05, 4.69) is 32.7 Å². The monoisotopic (exact) mass is 261 g/mol. The summed E-state index contributed by atoms with van der Waals surface area (Å²) in [4.78, 5) is 8.94. The van der Waals surface area contributed by atoms with Gasteiger partial charge in [0.1, 0.15) is 17.5 Å². The lowest BCUT2D eigenvalue weighted by atomic mass is 10.3. The zero-order valence-electron chi connectivity index (χ0n) is 11.3. The Morgan fingerprint density at radius 2 is 1.95 bits per heavy atom. The summed E-state index contributed by atoms with van der Waals surface area (Å²) in [5.41, 5.74) is 0. The Labute approximate surface area is 112 Å². The van der Waals surface area contributed by atoms with Gasteiger partial charge in [-0.2, -0.15) is 0 Å². The van der Waals surface area contributed by atoms with Crippen LogP contribution in [0.2, 0.25) is 0 Å². The molecule has 0 saturated heterocycles. The largest absolute Gasteiger partial charge is 0.370 e. The van der Waals surface area contributed by atoms with Gasteiger partial charge in [0.2, 0.25) is 0 Å². The molecule has 0 radical (unpaired) electrons. The molecule has 2 heterocycles. The van der Waals surface area contributed by atoms with Gasteiger partial charge in [-0.3, -0.25) is 0 Å². The highest BCUT2D eigenvalue weighted by molar-refractivity contribution is 5.47. The number of hydrogen-bond acceptors (Lipinski definition) is 6. The molecule has 2 rings (SSSR count). The van der Waals surface area contributed by atoms with E-state index in [1.807, 2.05) is 19.1 Å². The fourth-order valence-electron chi connectivity index (χ4n) is 1.71. The van der Waals surface area contributed by atoms with Gasteiger partial charge in [-0.25, -0.2) is 9.97 Å². The molecular formula is C13H19N5O. The minimum Gasteiger partial charge on any atom is -0.370 e. The normalized spacial score (nSPS) is 10.4. The lowest BCUT2D eigenvalue weighted by molar-refractivity contribution is 0.388. The molecule has 0 unspecified atom stereocenters. The second kappa shape index (κ2) is 6.72. The van der Waals surface area contributed by atoms with Crippen LogP contribution < -0.4 is 10.6 Å². The zero-order chi connectivity index (χ0) is 13.5. The van der Waals surface area contributed by atoms with Crippen molar-refractivity contribution in [3.05, 3.63) is 29.9 Å². The quantitative estimate of drug-likeness (QED) is 0.797. The van der Waals surface area contributed by atoms with Gasteiger partial charge in [0.05, 0.1) is 12.7 Å². The summed E-state index contributed by atoms with van der Waals surface area (Å²) >= 11 is 0. The summed E-state index contributed by atoms with van der Waals surface area (Å²) in [5, 5.41) is 10.1. The highest BCUT2D eigenvalue weighted by Gasteiger charge is 2.04. The summed E-state index contributed by atoms with van der Waals surface area (Å²) in [5.74, 6) is 3.27. The van der Waals surface area contributed by atoms with E-state index in [1.165, 1.54) is 0 Å². The van der Waals surface area contributed by atoms with E-state index >= 15 is 0 Å². The van der Waals surface area contributed by atoms with Crippen molar-refractivity contribution in [3.63, 3.8) is 0 Å². The van der Waals surface area contributed by atoms with Crippen LogP contribution in [0.4, 0.5) is 11.6 Å². The van der Waals surface area contributed by atoms with Crippen LogP contribution in [0.25, 0.3) is 0 Å². The number of aryl methyl sites for hydroxylation is 1. The first kappa shape index (κ1) is 13.3. The Balaban J connectivity index is 2.08. The second-order valence-corrected chi connectivity index (χ2v) is 4.17. The third kappa shape index (κ3) is 3.94. The van der Waals surface area contributed by atoms with E-state index in [1.54, 1.807) is 6.20 Å². The number of anilines is 2. The van der Waals surface area contributed by atoms with Crippen LogP contribution in [0.5, 0.6) is 0 Å². The Bertz CT molecular complexity index is 473. The van der Waals surface area contributed by atoms with Crippen LogP contribution in [0.3, 0.4) is 0 Å². The number of nitrogens with one attached hydrogen (secondary N) is 2. The van der Waals surface area contributed by atoms with Gasteiger partial charge in [0.25, 0.3) is 0 Å². The average Bonchev–Trinajstić information content (AvgIpc) is 2.90. The van der Waals surface area contributed by atoms with Crippen LogP contribution >= 0.6 is 0 Å². The molecule has 2 N–H and O–H groups in total. The molecule has 0 amide bonds. The highest BCUT2D eigenvalue weighted by Crippen LogP contribution is 2.13. The minimum atomic E-state index is 0.564. The Hall–Kier alpha value is -2.11. The van der Waals surface area contributed by atoms with Gasteiger partial charge in [0, 0.05) is 25.1 Å². The maximum Gasteiger partial charge on any atom is 0.155 e. The molecule has 0 aliphatic heterocycles. The summed E-state index contributed by atoms with van der Waals surface area (Å²) in [6, 6.07) is 3.73. The molecule has 2 aromatic rings. The van der Waals surface area contributed by atoms with Crippen LogP contribution in [0, 0.1) is 0 Å². The third-order valence-electron chi connectivity index (χ3n) is 2.54. The molecule has 0 atom stereocenters. The topological polar surface area (TPSA) is 75.9 Å². The fourth-order valence-corrected chi connectivity index (χ4v) is 1.71. The van der Waals surface area contributed by atoms with Crippen molar-refractivity contribution in [2.24, 2.45) is 0 Å². The Morgan fingerprint density at radius 1 is 1.16 bits per heavy atom. The van der Waals surface area contributed by atoms with Crippen LogP contribution in [0.15, 0.2) is 22.9 Å². The molecule has 6 heteroatoms. The smallest absolute Gasteiger partial charge is 0.155 e. The van der Waals surface area contributed by atoms with E-state index < -0.39 is 0 Å². The van der Waals surface area contributed by atoms with Crippen molar-refractivity contribution in [2.75, 3.05) is 17.2 Å². The number of hydrogen-bond donors (Lipinski definition) is 2. The van der Waals surface area contributed by atoms with Crippen LogP contribution in [-0.2, 0) is 13.0 Å². The van der Waals surface area contributed by atoms with E-state index in [9.17, 15) is 0 Å². The fraction of sp³-hybridized carbons (Fsp3) is 0.462. The Kier molecular flexibility index (Phi) is 4.72. The molecule has 0 aliphatic rings. The van der Waals surface area contributed by atoms with Crippen LogP contribution in [-0.4, -0.2) is 21.7 Å². The van der Waals surface area contributed by atoms with Gasteiger partial charge in [-0.1, -0.05) is 12.1 Å². The first-order valence-electron chi connectivity index (χ1n) is 6.57. The standard InChI is InChI=1S/C13H19N5O/c1-3-5-11-17-12(14-4-2)8-13(18-11)15-9-10-6-7-16-19-10/h6-8H,3-5,9H2,1-2H3,(H2,14,15,17,18). The molecule has 0 spiro atoms. The molecule has 0 bridgehead atoms. The summed E-state index contributed by atoms with van der Waals surface area (Å²) < 4.78 is 5.04. The lowest BCUT2D eigenvalue weighted by Gasteiger charge is -2.09. The first-order chi connectivity index (χ1) is 9.31. The molecule has 0 aliphatic carbocycles. The number of nitrogens with zero attached hydrogens (tertiary/aromatic N) is 3. The molecule has 19 heavy (non-hydrogen) atoms. The SMILES string of the molecule is CCCc1nc(NCC)cc(NCc2ccno2)n1. The predicted molar refractivity (Wildman–Crippen MR) is 74.0 cm³/mol. The number of rotatable bonds is 7. The first-order valence-corrected chi connectivity index (χ1v) is 6.57. The summed E-state index contributed by atoms with van der Waals surface area (Å²) in [6.45, 7) is 5.56. The lowest BCUT2D eigenvalue weighted by Crippen LogP contribution is -2.08. The van der Waals surface area contributed by atoms with Crippen molar-refractivity contribution in [2.45, 2.75) is 33.2 Å². The maximum atomic E-state index is 5.04. The summed E-state index contributed by atoms with van der Waals surface area (Å²) in [6.07, 6.45) is 3.52. The van der Waals surface area contributed by atoms with Gasteiger partial charge in [0.15, 0.2) is 5.76 Å². The molecule has 0 fully saturated rings. The minimum absolute atomic E-state index is 0.564. The highest BCUT2D eigenvalue weighted by atomic mass is 16.5. The molecular weight excluding hydrogens is 242 g/mol. The molecule has 2 aromatic heterocycles. The van der Waals surface area contributed by atoms with E-state index in [-0.39, 0.29) is 0 Å². The maximum absolute atomic E-state index is 5.04.